The molecule has 0 amide bonds. The van der Waals surface area contributed by atoms with Gasteiger partial charge in [0, 0.05) is 7.11 Å². The molecule has 0 aromatic heterocycles. The second-order valence-corrected chi connectivity index (χ2v) is 10.6. The molecule has 12 heteroatoms. The minimum Gasteiger partial charge on any atom is -0.458 e. The number of carbonyl (C=O) groups excluding carboxylic acids is 3. The van der Waals surface area contributed by atoms with E-state index in [4.69, 9.17) is 27.9 Å². The standard InChI is InChI=1S/C29H28O11S/c1-35-29-25(40-41(2,33)34)24(38-28(32)21-16-10-5-11-17-21)23(39-29)22(37-27(31)20-14-8-4-9-15-20)18-36-26(30)19-12-6-3-7-13-19/h3-17,22-25,29H,18H2,1-2H3. The lowest BCUT2D eigenvalue weighted by molar-refractivity contribution is -0.164. The average molecular weight is 585 g/mol. The zero-order valence-corrected chi connectivity index (χ0v) is 23.0. The third-order valence-corrected chi connectivity index (χ3v) is 6.57. The molecule has 5 atom stereocenters. The normalized spacial score (nSPS) is 21.0. The molecule has 4 rings (SSSR count). The van der Waals surface area contributed by atoms with Crippen molar-refractivity contribution in [3.63, 3.8) is 0 Å². The Morgan fingerprint density at radius 2 is 1.24 bits per heavy atom. The third kappa shape index (κ3) is 7.98. The van der Waals surface area contributed by atoms with E-state index in [1.165, 1.54) is 31.4 Å². The summed E-state index contributed by atoms with van der Waals surface area (Å²) in [5.41, 5.74) is 0.599. The molecule has 0 spiro atoms. The molecule has 3 aromatic rings. The number of ether oxygens (including phenoxy) is 5. The van der Waals surface area contributed by atoms with Crippen LogP contribution >= 0.6 is 0 Å². The van der Waals surface area contributed by atoms with Gasteiger partial charge in [-0.25, -0.2) is 14.4 Å². The number of esters is 3. The van der Waals surface area contributed by atoms with Gasteiger partial charge in [0.1, 0.15) is 12.7 Å². The first-order valence-corrected chi connectivity index (χ1v) is 14.3. The minimum absolute atomic E-state index is 0.165. The number of hydrogen-bond acceptors (Lipinski definition) is 11. The zero-order valence-electron chi connectivity index (χ0n) is 22.2. The highest BCUT2D eigenvalue weighted by Gasteiger charge is 2.54. The van der Waals surface area contributed by atoms with Crippen LogP contribution in [0, 0.1) is 0 Å². The van der Waals surface area contributed by atoms with E-state index in [0.717, 1.165) is 6.26 Å². The van der Waals surface area contributed by atoms with Gasteiger partial charge in [0.25, 0.3) is 10.1 Å². The monoisotopic (exact) mass is 584 g/mol. The molecule has 1 saturated heterocycles. The van der Waals surface area contributed by atoms with Gasteiger partial charge in [-0.15, -0.1) is 0 Å². The first-order chi connectivity index (χ1) is 19.7. The summed E-state index contributed by atoms with van der Waals surface area (Å²) in [6, 6.07) is 24.1. The van der Waals surface area contributed by atoms with Gasteiger partial charge in [0.05, 0.1) is 22.9 Å². The first-order valence-electron chi connectivity index (χ1n) is 12.5. The van der Waals surface area contributed by atoms with Crippen molar-refractivity contribution in [3.8, 4) is 0 Å². The van der Waals surface area contributed by atoms with E-state index >= 15 is 0 Å². The van der Waals surface area contributed by atoms with Crippen LogP contribution in [0.4, 0.5) is 0 Å². The fourth-order valence-corrected chi connectivity index (χ4v) is 4.74. The fourth-order valence-electron chi connectivity index (χ4n) is 4.13. The molecule has 0 radical (unpaired) electrons. The summed E-state index contributed by atoms with van der Waals surface area (Å²) in [4.78, 5) is 38.8. The van der Waals surface area contributed by atoms with Gasteiger partial charge in [-0.2, -0.15) is 8.42 Å². The predicted octanol–water partition coefficient (Wildman–Crippen LogP) is 3.01. The maximum Gasteiger partial charge on any atom is 0.338 e. The molecule has 0 bridgehead atoms. The van der Waals surface area contributed by atoms with Gasteiger partial charge in [-0.1, -0.05) is 54.6 Å². The maximum absolute atomic E-state index is 13.1. The molecule has 0 N–H and O–H groups in total. The van der Waals surface area contributed by atoms with Gasteiger partial charge >= 0.3 is 17.9 Å². The Hall–Kier alpha value is -4.10. The van der Waals surface area contributed by atoms with E-state index in [2.05, 4.69) is 0 Å². The smallest absolute Gasteiger partial charge is 0.338 e. The Kier molecular flexibility index (Phi) is 9.84. The second-order valence-electron chi connectivity index (χ2n) is 8.98. The van der Waals surface area contributed by atoms with Crippen LogP contribution in [0.3, 0.4) is 0 Å². The average Bonchev–Trinajstić information content (AvgIpc) is 3.31. The van der Waals surface area contributed by atoms with Crippen molar-refractivity contribution in [2.24, 2.45) is 0 Å². The number of benzene rings is 3. The second kappa shape index (κ2) is 13.5. The summed E-state index contributed by atoms with van der Waals surface area (Å²) in [7, 11) is -2.87. The van der Waals surface area contributed by atoms with E-state index in [0.29, 0.717) is 0 Å². The first kappa shape index (κ1) is 29.9. The topological polar surface area (TPSA) is 141 Å². The summed E-state index contributed by atoms with van der Waals surface area (Å²) >= 11 is 0. The van der Waals surface area contributed by atoms with E-state index in [-0.39, 0.29) is 16.7 Å². The molecule has 0 saturated carbocycles. The number of hydrogen-bond donors (Lipinski definition) is 0. The molecule has 1 aliphatic heterocycles. The van der Waals surface area contributed by atoms with Crippen LogP contribution in [0.5, 0.6) is 0 Å². The zero-order chi connectivity index (χ0) is 29.4. The molecular weight excluding hydrogens is 556 g/mol. The number of carbonyl (C=O) groups is 3. The molecule has 0 aliphatic carbocycles. The Bertz CT molecular complexity index is 1430. The molecule has 1 fully saturated rings. The Balaban J connectivity index is 1.67. The van der Waals surface area contributed by atoms with Crippen LogP contribution < -0.4 is 0 Å². The Labute approximate surface area is 237 Å². The van der Waals surface area contributed by atoms with Gasteiger partial charge in [0.2, 0.25) is 0 Å². The highest BCUT2D eigenvalue weighted by atomic mass is 32.2. The van der Waals surface area contributed by atoms with Crippen molar-refractivity contribution in [2.45, 2.75) is 30.7 Å². The van der Waals surface area contributed by atoms with Crippen molar-refractivity contribution < 1.29 is 50.7 Å². The van der Waals surface area contributed by atoms with E-state index in [9.17, 15) is 22.8 Å². The summed E-state index contributed by atoms with van der Waals surface area (Å²) in [5, 5.41) is 0. The molecule has 11 nitrogen and oxygen atoms in total. The lowest BCUT2D eigenvalue weighted by Gasteiger charge is -2.28. The fraction of sp³-hybridized carbons (Fsp3) is 0.276. The predicted molar refractivity (Wildman–Crippen MR) is 143 cm³/mol. The quantitative estimate of drug-likeness (QED) is 0.187. The van der Waals surface area contributed by atoms with E-state index < -0.39 is 65.3 Å². The number of methoxy groups -OCH3 is 1. The maximum atomic E-state index is 13.1. The summed E-state index contributed by atoms with van der Waals surface area (Å²) < 4.78 is 57.5. The van der Waals surface area contributed by atoms with Crippen molar-refractivity contribution in [3.05, 3.63) is 108 Å². The molecule has 216 valence electrons. The van der Waals surface area contributed by atoms with Crippen molar-refractivity contribution >= 4 is 28.0 Å². The largest absolute Gasteiger partial charge is 0.458 e. The van der Waals surface area contributed by atoms with Gasteiger partial charge in [-0.05, 0) is 36.4 Å². The van der Waals surface area contributed by atoms with Crippen molar-refractivity contribution in [1.82, 2.24) is 0 Å². The molecule has 1 heterocycles. The molecule has 1 aliphatic rings. The molecule has 5 unspecified atom stereocenters. The molecule has 3 aromatic carbocycles. The van der Waals surface area contributed by atoms with Crippen molar-refractivity contribution in [1.29, 1.82) is 0 Å². The van der Waals surface area contributed by atoms with E-state index in [1.54, 1.807) is 66.7 Å². The van der Waals surface area contributed by atoms with Crippen molar-refractivity contribution in [2.75, 3.05) is 20.0 Å². The van der Waals surface area contributed by atoms with Crippen LogP contribution in [-0.2, 0) is 38.0 Å². The lowest BCUT2D eigenvalue weighted by atomic mass is 10.1. The molecular formula is C29H28O11S. The summed E-state index contributed by atoms with van der Waals surface area (Å²) in [5.74, 6) is -2.32. The van der Waals surface area contributed by atoms with Crippen LogP contribution in [0.25, 0.3) is 0 Å². The highest BCUT2D eigenvalue weighted by Crippen LogP contribution is 2.32. The minimum atomic E-state index is -4.11. The van der Waals surface area contributed by atoms with Gasteiger partial charge in [-0.3, -0.25) is 4.18 Å². The van der Waals surface area contributed by atoms with Gasteiger partial charge in [0.15, 0.2) is 24.6 Å². The third-order valence-electron chi connectivity index (χ3n) is 6.00. The van der Waals surface area contributed by atoms with Crippen LogP contribution in [0.15, 0.2) is 91.0 Å². The summed E-state index contributed by atoms with van der Waals surface area (Å²) in [6.45, 7) is -0.529. The van der Waals surface area contributed by atoms with Gasteiger partial charge < -0.3 is 23.7 Å². The number of rotatable bonds is 11. The van der Waals surface area contributed by atoms with E-state index in [1.807, 2.05) is 0 Å². The van der Waals surface area contributed by atoms with Crippen LogP contribution in [0.2, 0.25) is 0 Å². The lowest BCUT2D eigenvalue weighted by Crippen LogP contribution is -2.47. The van der Waals surface area contributed by atoms with Crippen LogP contribution in [-0.4, -0.2) is 77.0 Å². The van der Waals surface area contributed by atoms with Crippen LogP contribution in [0.1, 0.15) is 31.1 Å². The molecule has 41 heavy (non-hydrogen) atoms. The SMILES string of the molecule is COC1OC(C(COC(=O)c2ccccc2)OC(=O)c2ccccc2)C(OC(=O)c2ccccc2)C1OS(C)(=O)=O. The Morgan fingerprint density at radius 1 is 0.756 bits per heavy atom. The Morgan fingerprint density at radius 3 is 1.73 bits per heavy atom. The summed E-state index contributed by atoms with van der Waals surface area (Å²) in [6.07, 6.45) is -6.23. The highest BCUT2D eigenvalue weighted by molar-refractivity contribution is 7.86.